The second kappa shape index (κ2) is 11.0. The summed E-state index contributed by atoms with van der Waals surface area (Å²) in [5.41, 5.74) is 1.18. The number of phenolic OH excluding ortho intramolecular Hbond substituents is 1. The molecule has 0 heterocycles. The number of carbonyl (C=O) groups is 2. The molecular weight excluding hydrogens is 424 g/mol. The smallest absolute Gasteiger partial charge is 0.163 e. The molecule has 0 amide bonds. The number of benzene rings is 3. The van der Waals surface area contributed by atoms with Crippen LogP contribution < -0.4 is 19.3 Å². The van der Waals surface area contributed by atoms with Gasteiger partial charge in [-0.25, -0.2) is 0 Å². The highest BCUT2D eigenvalue weighted by Gasteiger charge is 2.12. The van der Waals surface area contributed by atoms with Crippen LogP contribution in [-0.2, 0) is 6.42 Å². The number of hydrogen-bond donors (Lipinski definition) is 1. The maximum Gasteiger partial charge on any atom is 0.163 e. The molecular formula is C26H25O7-. The largest absolute Gasteiger partial charge is 0.545 e. The Bertz CT molecular complexity index is 1140. The molecule has 0 aliphatic rings. The lowest BCUT2D eigenvalue weighted by Gasteiger charge is -2.13. The summed E-state index contributed by atoms with van der Waals surface area (Å²) < 4.78 is 17.3. The summed E-state index contributed by atoms with van der Waals surface area (Å²) in [6.07, 6.45) is 1.27. The molecule has 3 rings (SSSR count). The Morgan fingerprint density at radius 1 is 0.909 bits per heavy atom. The highest BCUT2D eigenvalue weighted by Crippen LogP contribution is 2.30. The average Bonchev–Trinajstić information content (AvgIpc) is 2.79. The van der Waals surface area contributed by atoms with E-state index in [9.17, 15) is 19.8 Å². The lowest BCUT2D eigenvalue weighted by atomic mass is 10.0. The van der Waals surface area contributed by atoms with Crippen molar-refractivity contribution < 1.29 is 34.0 Å². The van der Waals surface area contributed by atoms with E-state index in [-0.39, 0.29) is 22.7 Å². The summed E-state index contributed by atoms with van der Waals surface area (Å²) in [7, 11) is 0. The van der Waals surface area contributed by atoms with Crippen molar-refractivity contribution in [2.45, 2.75) is 26.7 Å². The van der Waals surface area contributed by atoms with Gasteiger partial charge in [-0.15, -0.1) is 0 Å². The number of carboxylic acid groups (broad SMARTS) is 1. The molecule has 0 aromatic heterocycles. The van der Waals surface area contributed by atoms with Gasteiger partial charge in [0, 0.05) is 24.1 Å². The predicted molar refractivity (Wildman–Crippen MR) is 120 cm³/mol. The van der Waals surface area contributed by atoms with Crippen LogP contribution in [0.3, 0.4) is 0 Å². The van der Waals surface area contributed by atoms with Gasteiger partial charge in [0.05, 0.1) is 24.7 Å². The summed E-state index contributed by atoms with van der Waals surface area (Å²) in [5.74, 6) is 0.486. The van der Waals surface area contributed by atoms with Gasteiger partial charge in [0.2, 0.25) is 0 Å². The van der Waals surface area contributed by atoms with Gasteiger partial charge in [-0.3, -0.25) is 4.79 Å². The first kappa shape index (κ1) is 23.7. The first-order valence-corrected chi connectivity index (χ1v) is 10.6. The fourth-order valence-electron chi connectivity index (χ4n) is 3.19. The zero-order chi connectivity index (χ0) is 23.8. The third-order valence-corrected chi connectivity index (χ3v) is 4.86. The molecule has 0 bridgehead atoms. The number of carboxylic acids is 1. The van der Waals surface area contributed by atoms with Crippen LogP contribution in [-0.4, -0.2) is 30.1 Å². The fourth-order valence-corrected chi connectivity index (χ4v) is 3.19. The Labute approximate surface area is 192 Å². The Morgan fingerprint density at radius 2 is 1.58 bits per heavy atom. The molecule has 0 unspecified atom stereocenters. The standard InChI is InChI=1S/C26H26O7/c1-3-18-14-23(17(2)27)24(28)16-25(18)32-12-6-11-31-20-8-5-10-22(15-20)33-21-9-4-7-19(13-21)26(29)30/h4-5,7-10,13-16,28H,3,6,11-12H2,1-2H3,(H,29,30)/p-1. The molecule has 0 fully saturated rings. The number of phenols is 1. The van der Waals surface area contributed by atoms with Crippen molar-refractivity contribution in [3.8, 4) is 28.7 Å². The van der Waals surface area contributed by atoms with Gasteiger partial charge in [-0.1, -0.05) is 25.1 Å². The number of Topliss-reactive ketones (excluding diaryl/α,β-unsaturated/α-hetero) is 1. The summed E-state index contributed by atoms with van der Waals surface area (Å²) in [6.45, 7) is 4.13. The Hall–Kier alpha value is -4.00. The molecule has 0 aliphatic carbocycles. The van der Waals surface area contributed by atoms with E-state index in [0.717, 1.165) is 5.56 Å². The minimum absolute atomic E-state index is 0.0374. The van der Waals surface area contributed by atoms with Crippen molar-refractivity contribution in [1.82, 2.24) is 0 Å². The van der Waals surface area contributed by atoms with Gasteiger partial charge in [0.25, 0.3) is 0 Å². The Balaban J connectivity index is 1.52. The van der Waals surface area contributed by atoms with E-state index in [1.165, 1.54) is 25.1 Å². The van der Waals surface area contributed by atoms with E-state index in [1.807, 2.05) is 6.92 Å². The normalized spacial score (nSPS) is 10.5. The molecule has 7 heteroatoms. The fraction of sp³-hybridized carbons (Fsp3) is 0.231. The van der Waals surface area contributed by atoms with Crippen molar-refractivity contribution in [3.63, 3.8) is 0 Å². The quantitative estimate of drug-likeness (QED) is 0.346. The van der Waals surface area contributed by atoms with Gasteiger partial charge in [0.15, 0.2) is 5.78 Å². The van der Waals surface area contributed by atoms with Crippen LogP contribution in [0.15, 0.2) is 60.7 Å². The number of carbonyl (C=O) groups excluding carboxylic acids is 2. The maximum absolute atomic E-state index is 11.6. The van der Waals surface area contributed by atoms with Crippen LogP contribution in [0.4, 0.5) is 0 Å². The summed E-state index contributed by atoms with van der Waals surface area (Å²) >= 11 is 0. The summed E-state index contributed by atoms with van der Waals surface area (Å²) in [6, 6.07) is 16.2. The van der Waals surface area contributed by atoms with Crippen molar-refractivity contribution in [2.75, 3.05) is 13.2 Å². The van der Waals surface area contributed by atoms with Gasteiger partial charge < -0.3 is 29.2 Å². The predicted octanol–water partition coefficient (Wildman–Crippen LogP) is 4.16. The number of ether oxygens (including phenoxy) is 3. The molecule has 0 aliphatic heterocycles. The SMILES string of the molecule is CCc1cc(C(C)=O)c(O)cc1OCCCOc1cccc(Oc2cccc(C(=O)[O-])c2)c1. The van der Waals surface area contributed by atoms with Gasteiger partial charge in [-0.2, -0.15) is 0 Å². The number of aromatic carboxylic acids is 1. The molecule has 0 radical (unpaired) electrons. The lowest BCUT2D eigenvalue weighted by molar-refractivity contribution is -0.255. The Morgan fingerprint density at radius 3 is 2.27 bits per heavy atom. The van der Waals surface area contributed by atoms with Crippen LogP contribution in [0.2, 0.25) is 0 Å². The molecule has 0 saturated heterocycles. The molecule has 7 nitrogen and oxygen atoms in total. The third-order valence-electron chi connectivity index (χ3n) is 4.86. The van der Waals surface area contributed by atoms with E-state index < -0.39 is 5.97 Å². The lowest BCUT2D eigenvalue weighted by Crippen LogP contribution is -2.21. The maximum atomic E-state index is 11.6. The van der Waals surface area contributed by atoms with Crippen LogP contribution in [0, 0.1) is 0 Å². The van der Waals surface area contributed by atoms with Crippen LogP contribution >= 0.6 is 0 Å². The van der Waals surface area contributed by atoms with Crippen LogP contribution in [0.5, 0.6) is 28.7 Å². The zero-order valence-electron chi connectivity index (χ0n) is 18.5. The van der Waals surface area contributed by atoms with Gasteiger partial charge >= 0.3 is 0 Å². The van der Waals surface area contributed by atoms with Crippen molar-refractivity contribution in [3.05, 3.63) is 77.4 Å². The molecule has 3 aromatic rings. The van der Waals surface area contributed by atoms with Gasteiger partial charge in [0.1, 0.15) is 28.7 Å². The molecule has 0 spiro atoms. The van der Waals surface area contributed by atoms with Crippen LogP contribution in [0.25, 0.3) is 0 Å². The first-order valence-electron chi connectivity index (χ1n) is 10.6. The molecule has 1 N–H and O–H groups in total. The zero-order valence-corrected chi connectivity index (χ0v) is 18.5. The van der Waals surface area contributed by atoms with Crippen molar-refractivity contribution >= 4 is 11.8 Å². The topological polar surface area (TPSA) is 105 Å². The first-order chi connectivity index (χ1) is 15.9. The number of rotatable bonds is 11. The van der Waals surface area contributed by atoms with Gasteiger partial charge in [-0.05, 0) is 49.2 Å². The highest BCUT2D eigenvalue weighted by atomic mass is 16.5. The molecule has 0 atom stereocenters. The Kier molecular flexibility index (Phi) is 7.91. The highest BCUT2D eigenvalue weighted by molar-refractivity contribution is 5.97. The molecule has 172 valence electrons. The number of hydrogen-bond acceptors (Lipinski definition) is 7. The van der Waals surface area contributed by atoms with E-state index in [2.05, 4.69) is 0 Å². The monoisotopic (exact) mass is 449 g/mol. The number of aromatic hydroxyl groups is 1. The average molecular weight is 449 g/mol. The second-order valence-corrected chi connectivity index (χ2v) is 7.33. The van der Waals surface area contributed by atoms with Crippen LogP contribution in [0.1, 0.15) is 46.5 Å². The minimum atomic E-state index is -1.27. The molecule has 3 aromatic carbocycles. The van der Waals surface area contributed by atoms with E-state index in [4.69, 9.17) is 14.2 Å². The molecule has 0 saturated carbocycles. The summed E-state index contributed by atoms with van der Waals surface area (Å²) in [4.78, 5) is 22.6. The number of aryl methyl sites for hydroxylation is 1. The third kappa shape index (κ3) is 6.49. The van der Waals surface area contributed by atoms with E-state index in [0.29, 0.717) is 49.1 Å². The molecule has 33 heavy (non-hydrogen) atoms. The van der Waals surface area contributed by atoms with Crippen molar-refractivity contribution in [1.29, 1.82) is 0 Å². The van der Waals surface area contributed by atoms with E-state index >= 15 is 0 Å². The van der Waals surface area contributed by atoms with Crippen molar-refractivity contribution in [2.24, 2.45) is 0 Å². The second-order valence-electron chi connectivity index (χ2n) is 7.33. The summed E-state index contributed by atoms with van der Waals surface area (Å²) in [5, 5.41) is 21.0. The number of ketones is 1. The van der Waals surface area contributed by atoms with E-state index in [1.54, 1.807) is 42.5 Å². The minimum Gasteiger partial charge on any atom is -0.545 e.